The molecule has 4 unspecified atom stereocenters. The minimum Gasteiger partial charge on any atom is -0.369 e. The molecule has 3 aromatic heterocycles. The van der Waals surface area contributed by atoms with Crippen LogP contribution in [-0.2, 0) is 22.3 Å². The number of aryl methyl sites for hydroxylation is 1. The molecule has 4 aromatic rings. The lowest BCUT2D eigenvalue weighted by Gasteiger charge is -2.42. The van der Waals surface area contributed by atoms with E-state index in [4.69, 9.17) is 20.6 Å². The van der Waals surface area contributed by atoms with Gasteiger partial charge in [-0.05, 0) is 42.9 Å². The molecule has 1 saturated carbocycles. The van der Waals surface area contributed by atoms with Crippen molar-refractivity contribution < 1.29 is 9.53 Å². The Labute approximate surface area is 214 Å². The largest absolute Gasteiger partial charge is 0.369 e. The average molecular weight is 499 g/mol. The number of primary amides is 1. The first-order valence-corrected chi connectivity index (χ1v) is 12.9. The molecule has 10 heteroatoms. The second-order valence-electron chi connectivity index (χ2n) is 11.1. The Kier molecular flexibility index (Phi) is 4.76. The second kappa shape index (κ2) is 7.85. The highest BCUT2D eigenvalue weighted by atomic mass is 16.5. The summed E-state index contributed by atoms with van der Waals surface area (Å²) in [4.78, 5) is 22.8. The van der Waals surface area contributed by atoms with E-state index in [0.29, 0.717) is 19.1 Å². The van der Waals surface area contributed by atoms with Gasteiger partial charge >= 0.3 is 0 Å². The molecular formula is C27H30N8O2. The third-order valence-corrected chi connectivity index (χ3v) is 8.72. The molecule has 3 saturated heterocycles. The van der Waals surface area contributed by atoms with Crippen molar-refractivity contribution in [3.05, 3.63) is 71.7 Å². The van der Waals surface area contributed by atoms with Gasteiger partial charge in [0.1, 0.15) is 11.9 Å². The first kappa shape index (κ1) is 22.4. The summed E-state index contributed by atoms with van der Waals surface area (Å²) < 4.78 is 9.91. The summed E-state index contributed by atoms with van der Waals surface area (Å²) in [5, 5.41) is 9.17. The van der Waals surface area contributed by atoms with Crippen LogP contribution in [0.5, 0.6) is 0 Å². The molecule has 37 heavy (non-hydrogen) atoms. The number of rotatable bonds is 6. The fraction of sp³-hybridized carbons (Fsp3) is 0.444. The Hall–Kier alpha value is -3.79. The van der Waals surface area contributed by atoms with E-state index in [-0.39, 0.29) is 17.2 Å². The van der Waals surface area contributed by atoms with E-state index < -0.39 is 11.5 Å². The molecule has 3 aliphatic heterocycles. The molecule has 8 rings (SSSR count). The molecule has 2 bridgehead atoms. The van der Waals surface area contributed by atoms with Crippen LogP contribution in [0.2, 0.25) is 0 Å². The van der Waals surface area contributed by atoms with Crippen LogP contribution in [0.25, 0.3) is 5.65 Å². The highest BCUT2D eigenvalue weighted by molar-refractivity contribution is 5.88. The van der Waals surface area contributed by atoms with Crippen LogP contribution in [0.3, 0.4) is 0 Å². The van der Waals surface area contributed by atoms with Crippen molar-refractivity contribution in [2.45, 2.75) is 44.2 Å². The van der Waals surface area contributed by atoms with Crippen molar-refractivity contribution in [2.75, 3.05) is 24.6 Å². The van der Waals surface area contributed by atoms with Crippen molar-refractivity contribution in [3.63, 3.8) is 0 Å². The number of pyridine rings is 1. The van der Waals surface area contributed by atoms with Gasteiger partial charge in [0, 0.05) is 31.0 Å². The normalized spacial score (nSPS) is 28.6. The van der Waals surface area contributed by atoms with E-state index in [2.05, 4.69) is 71.4 Å². The zero-order valence-corrected chi connectivity index (χ0v) is 21.0. The fourth-order valence-corrected chi connectivity index (χ4v) is 6.56. The number of fused-ring (bicyclic) bond motifs is 2. The topological polar surface area (TPSA) is 116 Å². The maximum absolute atomic E-state index is 11.4. The maximum Gasteiger partial charge on any atom is 0.288 e. The molecule has 4 fully saturated rings. The number of aromatic nitrogens is 6. The van der Waals surface area contributed by atoms with Gasteiger partial charge in [0.25, 0.3) is 5.91 Å². The summed E-state index contributed by atoms with van der Waals surface area (Å²) >= 11 is 0. The van der Waals surface area contributed by atoms with Crippen LogP contribution < -0.4 is 10.6 Å². The Balaban J connectivity index is 1.17. The number of amides is 1. The molecule has 0 spiro atoms. The van der Waals surface area contributed by atoms with Gasteiger partial charge in [-0.15, -0.1) is 10.2 Å². The van der Waals surface area contributed by atoms with Crippen LogP contribution in [0, 0.1) is 18.8 Å². The third-order valence-electron chi connectivity index (χ3n) is 8.72. The van der Waals surface area contributed by atoms with Crippen molar-refractivity contribution in [2.24, 2.45) is 17.6 Å². The van der Waals surface area contributed by atoms with E-state index in [1.165, 1.54) is 5.56 Å². The van der Waals surface area contributed by atoms with Crippen LogP contribution in [0.4, 0.5) is 5.69 Å². The number of hydrogen-bond donors (Lipinski definition) is 1. The fourth-order valence-electron chi connectivity index (χ4n) is 6.56. The Morgan fingerprint density at radius 3 is 2.84 bits per heavy atom. The number of carbonyl (C=O) groups is 1. The highest BCUT2D eigenvalue weighted by Gasteiger charge is 2.64. The number of nitrogens with two attached hydrogens (primary N) is 1. The molecule has 0 radical (unpaired) electrons. The lowest BCUT2D eigenvalue weighted by molar-refractivity contribution is -0.0724. The SMILES string of the molecule is Cc1cc(N2CCC(C)(c3ccccc3)C2)cn2nc(C34CC(CO3)C4Cn3cnc(C(N)=O)n3)nc12. The van der Waals surface area contributed by atoms with Gasteiger partial charge in [-0.2, -0.15) is 0 Å². The lowest BCUT2D eigenvalue weighted by atomic mass is 9.63. The van der Waals surface area contributed by atoms with E-state index in [0.717, 1.165) is 48.7 Å². The smallest absolute Gasteiger partial charge is 0.288 e. The lowest BCUT2D eigenvalue weighted by Crippen LogP contribution is -2.48. The highest BCUT2D eigenvalue weighted by Crippen LogP contribution is 2.59. The zero-order valence-electron chi connectivity index (χ0n) is 21.0. The van der Waals surface area contributed by atoms with Gasteiger partial charge in [-0.1, -0.05) is 37.3 Å². The van der Waals surface area contributed by atoms with Crippen molar-refractivity contribution >= 4 is 17.2 Å². The predicted octanol–water partition coefficient (Wildman–Crippen LogP) is 2.46. The van der Waals surface area contributed by atoms with Gasteiger partial charge in [0.15, 0.2) is 11.5 Å². The summed E-state index contributed by atoms with van der Waals surface area (Å²) in [6, 6.07) is 13.0. The monoisotopic (exact) mass is 498 g/mol. The van der Waals surface area contributed by atoms with E-state index in [1.807, 2.05) is 4.52 Å². The van der Waals surface area contributed by atoms with Gasteiger partial charge in [0.2, 0.25) is 5.82 Å². The number of nitrogens with zero attached hydrogens (tertiary/aromatic N) is 7. The quantitative estimate of drug-likeness (QED) is 0.434. The molecule has 10 nitrogen and oxygen atoms in total. The van der Waals surface area contributed by atoms with Crippen molar-refractivity contribution in [3.8, 4) is 0 Å². The third kappa shape index (κ3) is 3.38. The van der Waals surface area contributed by atoms with Crippen molar-refractivity contribution in [1.29, 1.82) is 0 Å². The molecule has 4 aliphatic rings. The standard InChI is InChI=1S/C27H30N8O2/c1-17-10-20(33-9-8-26(2,15-33)19-6-4-3-5-7-19)12-35-24(17)30-25(32-35)27-11-18(14-37-27)21(27)13-34-16-29-23(31-34)22(28)36/h3-7,10,12,16,18,21H,8-9,11,13-15H2,1-2H3,(H2,28,36). The molecule has 2 N–H and O–H groups in total. The first-order chi connectivity index (χ1) is 17.8. The molecule has 1 aliphatic carbocycles. The summed E-state index contributed by atoms with van der Waals surface area (Å²) in [6.45, 7) is 7.67. The minimum absolute atomic E-state index is 0.0286. The molecule has 4 atom stereocenters. The van der Waals surface area contributed by atoms with Gasteiger partial charge in [0.05, 0.1) is 18.5 Å². The maximum atomic E-state index is 11.4. The summed E-state index contributed by atoms with van der Waals surface area (Å²) in [5.74, 6) is 0.692. The van der Waals surface area contributed by atoms with Crippen LogP contribution in [0.15, 0.2) is 48.9 Å². The van der Waals surface area contributed by atoms with Crippen LogP contribution in [0.1, 0.15) is 47.3 Å². The molecule has 6 heterocycles. The second-order valence-corrected chi connectivity index (χ2v) is 11.1. The van der Waals surface area contributed by atoms with E-state index in [1.54, 1.807) is 11.0 Å². The predicted molar refractivity (Wildman–Crippen MR) is 136 cm³/mol. The molecule has 1 amide bonds. The van der Waals surface area contributed by atoms with E-state index >= 15 is 0 Å². The van der Waals surface area contributed by atoms with Gasteiger partial charge < -0.3 is 15.4 Å². The molecule has 1 aromatic carbocycles. The first-order valence-electron chi connectivity index (χ1n) is 12.9. The Morgan fingerprint density at radius 2 is 2.08 bits per heavy atom. The molecule has 190 valence electrons. The Bertz CT molecular complexity index is 1510. The summed E-state index contributed by atoms with van der Waals surface area (Å²) in [6.07, 6.45) is 5.65. The summed E-state index contributed by atoms with van der Waals surface area (Å²) in [7, 11) is 0. The number of benzene rings is 1. The number of anilines is 1. The zero-order chi connectivity index (χ0) is 25.4. The average Bonchev–Trinajstić information content (AvgIpc) is 3.70. The van der Waals surface area contributed by atoms with Crippen LogP contribution >= 0.6 is 0 Å². The van der Waals surface area contributed by atoms with Gasteiger partial charge in [-0.25, -0.2) is 14.5 Å². The van der Waals surface area contributed by atoms with Gasteiger partial charge in [-0.3, -0.25) is 9.48 Å². The van der Waals surface area contributed by atoms with Crippen LogP contribution in [-0.4, -0.2) is 55.0 Å². The van der Waals surface area contributed by atoms with Crippen molar-refractivity contribution in [1.82, 2.24) is 29.4 Å². The Morgan fingerprint density at radius 1 is 1.24 bits per heavy atom. The summed E-state index contributed by atoms with van der Waals surface area (Å²) in [5.41, 5.74) is 9.40. The number of ether oxygens (including phenoxy) is 1. The minimum atomic E-state index is -0.628. The molecular weight excluding hydrogens is 468 g/mol. The number of hydrogen-bond acceptors (Lipinski definition) is 7. The van der Waals surface area contributed by atoms with E-state index in [9.17, 15) is 4.79 Å². The number of carbonyl (C=O) groups excluding carboxylic acids is 1.